The number of thiazole rings is 1. The topological polar surface area (TPSA) is 104 Å². The van der Waals surface area contributed by atoms with Crippen molar-refractivity contribution in [1.29, 1.82) is 0 Å². The maximum absolute atomic E-state index is 13.0. The predicted molar refractivity (Wildman–Crippen MR) is 132 cm³/mol. The highest BCUT2D eigenvalue weighted by atomic mass is 32.1. The Kier molecular flexibility index (Phi) is 5.84. The highest BCUT2D eigenvalue weighted by Crippen LogP contribution is 2.23. The first-order chi connectivity index (χ1) is 16.9. The quantitative estimate of drug-likeness (QED) is 0.340. The first-order valence-electron chi connectivity index (χ1n) is 10.7. The average Bonchev–Trinajstić information content (AvgIpc) is 3.45. The van der Waals surface area contributed by atoms with E-state index in [2.05, 4.69) is 10.1 Å². The molecule has 5 aromatic rings. The lowest BCUT2D eigenvalue weighted by atomic mass is 10.1. The number of Topliss-reactive ketones (excluding diaryl/α,β-unsaturated/α-hetero) is 1. The molecule has 0 aliphatic carbocycles. The van der Waals surface area contributed by atoms with Crippen LogP contribution in [0.3, 0.4) is 0 Å². The third kappa shape index (κ3) is 4.53. The van der Waals surface area contributed by atoms with Crippen molar-refractivity contribution in [2.45, 2.75) is 13.3 Å². The zero-order valence-corrected chi connectivity index (χ0v) is 19.7. The average molecular weight is 486 g/mol. The summed E-state index contributed by atoms with van der Waals surface area (Å²) < 4.78 is 12.5. The maximum Gasteiger partial charge on any atom is 0.296 e. The van der Waals surface area contributed by atoms with E-state index in [1.165, 1.54) is 6.92 Å². The molecule has 0 N–H and O–H groups in total. The van der Waals surface area contributed by atoms with Crippen molar-refractivity contribution in [2.24, 2.45) is 0 Å². The van der Waals surface area contributed by atoms with Crippen LogP contribution < -0.4 is 20.4 Å². The lowest BCUT2D eigenvalue weighted by Gasteiger charge is -2.02. The Morgan fingerprint density at radius 1 is 1.06 bits per heavy atom. The van der Waals surface area contributed by atoms with E-state index in [9.17, 15) is 14.4 Å². The number of carbonyl (C=O) groups excluding carboxylic acids is 1. The van der Waals surface area contributed by atoms with E-state index < -0.39 is 5.56 Å². The second-order valence-electron chi connectivity index (χ2n) is 7.83. The Hall–Kier alpha value is -4.37. The zero-order chi connectivity index (χ0) is 24.5. The number of ether oxygens (including phenoxy) is 1. The van der Waals surface area contributed by atoms with Crippen LogP contribution >= 0.6 is 11.3 Å². The molecule has 0 aliphatic heterocycles. The van der Waals surface area contributed by atoms with E-state index in [0.29, 0.717) is 27.4 Å². The first-order valence-corrected chi connectivity index (χ1v) is 11.5. The van der Waals surface area contributed by atoms with E-state index in [-0.39, 0.29) is 28.4 Å². The molecule has 2 aromatic carbocycles. The molecule has 0 spiro atoms. The lowest BCUT2D eigenvalue weighted by Crippen LogP contribution is -2.28. The molecule has 0 atom stereocenters. The van der Waals surface area contributed by atoms with Gasteiger partial charge in [0.15, 0.2) is 5.78 Å². The Balaban J connectivity index is 1.46. The number of ketones is 1. The van der Waals surface area contributed by atoms with Crippen LogP contribution in [0.2, 0.25) is 0 Å². The van der Waals surface area contributed by atoms with Crippen LogP contribution in [-0.2, 0) is 6.42 Å². The van der Waals surface area contributed by atoms with Crippen LogP contribution in [0.1, 0.15) is 34.3 Å². The molecule has 0 saturated carbocycles. The summed E-state index contributed by atoms with van der Waals surface area (Å²) in [4.78, 5) is 41.2. The second kappa shape index (κ2) is 9.11. The lowest BCUT2D eigenvalue weighted by molar-refractivity contribution is 0.101. The van der Waals surface area contributed by atoms with Crippen LogP contribution in [-0.4, -0.2) is 27.5 Å². The predicted octanol–water partition coefficient (Wildman–Crippen LogP) is 3.12. The summed E-state index contributed by atoms with van der Waals surface area (Å²) in [6.07, 6.45) is 1.85. The van der Waals surface area contributed by atoms with Gasteiger partial charge in [0.25, 0.3) is 11.1 Å². The number of nitrogens with zero attached hydrogens (tertiary/aromatic N) is 3. The van der Waals surface area contributed by atoms with Gasteiger partial charge in [-0.1, -0.05) is 47.7 Å². The van der Waals surface area contributed by atoms with Crippen molar-refractivity contribution in [3.05, 3.63) is 108 Å². The van der Waals surface area contributed by atoms with Gasteiger partial charge in [0.2, 0.25) is 4.96 Å². The van der Waals surface area contributed by atoms with Crippen LogP contribution in [0.4, 0.5) is 0 Å². The largest absolute Gasteiger partial charge is 0.497 e. The number of hydrogen-bond donors (Lipinski definition) is 0. The fraction of sp³-hybridized carbons (Fsp3) is 0.115. The fourth-order valence-electron chi connectivity index (χ4n) is 3.57. The molecule has 174 valence electrons. The summed E-state index contributed by atoms with van der Waals surface area (Å²) in [5, 5.41) is 4.28. The van der Waals surface area contributed by atoms with Gasteiger partial charge in [-0.2, -0.15) is 14.6 Å². The molecule has 3 heterocycles. The van der Waals surface area contributed by atoms with Gasteiger partial charge in [0, 0.05) is 23.6 Å². The van der Waals surface area contributed by atoms with E-state index in [1.54, 1.807) is 49.6 Å². The summed E-state index contributed by atoms with van der Waals surface area (Å²) in [6, 6.07) is 17.9. The highest BCUT2D eigenvalue weighted by molar-refractivity contribution is 7.15. The van der Waals surface area contributed by atoms with E-state index in [4.69, 9.17) is 9.15 Å². The van der Waals surface area contributed by atoms with E-state index in [1.807, 2.05) is 24.3 Å². The minimum absolute atomic E-state index is 0.00846. The van der Waals surface area contributed by atoms with Gasteiger partial charge in [0.1, 0.15) is 27.5 Å². The van der Waals surface area contributed by atoms with Gasteiger partial charge in [-0.05, 0) is 36.8 Å². The fourth-order valence-corrected chi connectivity index (χ4v) is 4.46. The number of hydrogen-bond acceptors (Lipinski definition) is 8. The van der Waals surface area contributed by atoms with Crippen LogP contribution in [0.25, 0.3) is 22.4 Å². The summed E-state index contributed by atoms with van der Waals surface area (Å²) in [5.74, 6) is 1.78. The highest BCUT2D eigenvalue weighted by Gasteiger charge is 2.13. The Bertz CT molecular complexity index is 1710. The van der Waals surface area contributed by atoms with Crippen molar-refractivity contribution in [1.82, 2.24) is 14.6 Å². The summed E-state index contributed by atoms with van der Waals surface area (Å²) in [5.41, 5.74) is 1.62. The smallest absolute Gasteiger partial charge is 0.296 e. The molecule has 5 rings (SSSR count). The second-order valence-corrected chi connectivity index (χ2v) is 8.84. The molecular weight excluding hydrogens is 466 g/mol. The van der Waals surface area contributed by atoms with Gasteiger partial charge in [-0.15, -0.1) is 0 Å². The van der Waals surface area contributed by atoms with Crippen LogP contribution in [0.5, 0.6) is 5.75 Å². The number of furan rings is 1. The molecule has 0 saturated heterocycles. The minimum atomic E-state index is -0.470. The molecule has 0 fully saturated rings. The Labute approximate surface area is 202 Å². The number of rotatable bonds is 6. The van der Waals surface area contributed by atoms with E-state index >= 15 is 0 Å². The molecule has 3 aromatic heterocycles. The summed E-state index contributed by atoms with van der Waals surface area (Å²) in [7, 11) is 1.58. The molecule has 0 radical (unpaired) electrons. The Morgan fingerprint density at radius 2 is 1.80 bits per heavy atom. The van der Waals surface area contributed by atoms with Crippen molar-refractivity contribution >= 4 is 28.2 Å². The molecule has 8 nitrogen and oxygen atoms in total. The monoisotopic (exact) mass is 485 g/mol. The van der Waals surface area contributed by atoms with Gasteiger partial charge >= 0.3 is 0 Å². The molecular formula is C26H19N3O5S. The third-order valence-electron chi connectivity index (χ3n) is 5.46. The molecule has 0 amide bonds. The number of carbonyl (C=O) groups is 1. The molecule has 9 heteroatoms. The maximum atomic E-state index is 13.0. The SMILES string of the molecule is COc1ccc(Cc2nn3c(=O)c(=Cc4ccc(-c5ccc(C(C)=O)cc5)o4)sc3nc2=O)cc1. The van der Waals surface area contributed by atoms with Gasteiger partial charge in [0.05, 0.1) is 7.11 Å². The molecule has 35 heavy (non-hydrogen) atoms. The van der Waals surface area contributed by atoms with Gasteiger partial charge in [-0.3, -0.25) is 14.4 Å². The molecule has 0 aliphatic rings. The van der Waals surface area contributed by atoms with Crippen molar-refractivity contribution in [3.8, 4) is 17.1 Å². The van der Waals surface area contributed by atoms with Crippen molar-refractivity contribution in [2.75, 3.05) is 7.11 Å². The van der Waals surface area contributed by atoms with Crippen molar-refractivity contribution in [3.63, 3.8) is 0 Å². The van der Waals surface area contributed by atoms with E-state index in [0.717, 1.165) is 27.0 Å². The Morgan fingerprint density at radius 3 is 2.49 bits per heavy atom. The van der Waals surface area contributed by atoms with Gasteiger partial charge < -0.3 is 9.15 Å². The number of fused-ring (bicyclic) bond motifs is 1. The normalized spacial score (nSPS) is 11.8. The van der Waals surface area contributed by atoms with Gasteiger partial charge in [-0.25, -0.2) is 0 Å². The minimum Gasteiger partial charge on any atom is -0.497 e. The summed E-state index contributed by atoms with van der Waals surface area (Å²) in [6.45, 7) is 1.51. The summed E-state index contributed by atoms with van der Waals surface area (Å²) >= 11 is 1.07. The zero-order valence-electron chi connectivity index (χ0n) is 18.8. The number of benzene rings is 2. The van der Waals surface area contributed by atoms with Crippen molar-refractivity contribution < 1.29 is 13.9 Å². The first kappa shape index (κ1) is 22.4. The third-order valence-corrected chi connectivity index (χ3v) is 6.42. The number of aromatic nitrogens is 3. The molecule has 0 unspecified atom stereocenters. The standard InChI is InChI=1S/C26H19N3O5S/c1-15(30)17-5-7-18(8-6-17)22-12-11-20(34-22)14-23-25(32)29-26(35-23)27-24(31)21(28-29)13-16-3-9-19(33-2)10-4-16/h3-12,14H,13H2,1-2H3. The van der Waals surface area contributed by atoms with Crippen LogP contribution in [0, 0.1) is 0 Å². The number of methoxy groups -OCH3 is 1. The van der Waals surface area contributed by atoms with Crippen LogP contribution in [0.15, 0.2) is 74.7 Å². The molecule has 0 bridgehead atoms.